The third-order valence-electron chi connectivity index (χ3n) is 7.21. The number of carbonyl (C=O) groups excluding carboxylic acids is 1. The van der Waals surface area contributed by atoms with E-state index in [1.807, 2.05) is 4.90 Å². The number of urea groups is 1. The zero-order valence-corrected chi connectivity index (χ0v) is 18.3. The molecule has 6 rings (SSSR count). The molecule has 6 heteroatoms. The highest BCUT2D eigenvalue weighted by Crippen LogP contribution is 2.37. The molecule has 1 aliphatic carbocycles. The van der Waals surface area contributed by atoms with Gasteiger partial charge in [-0.2, -0.15) is 0 Å². The molecular formula is C27H26FN3O2. The van der Waals surface area contributed by atoms with E-state index in [1.54, 1.807) is 42.5 Å². The second-order valence-electron chi connectivity index (χ2n) is 9.21. The summed E-state index contributed by atoms with van der Waals surface area (Å²) in [6.45, 7) is 1.73. The molecule has 0 aromatic heterocycles. The van der Waals surface area contributed by atoms with Gasteiger partial charge in [0, 0.05) is 36.9 Å². The molecular weight excluding hydrogens is 417 g/mol. The highest BCUT2D eigenvalue weighted by Gasteiger charge is 2.48. The van der Waals surface area contributed by atoms with Gasteiger partial charge in [-0.15, -0.1) is 0 Å². The van der Waals surface area contributed by atoms with Crippen molar-refractivity contribution in [3.8, 4) is 11.5 Å². The van der Waals surface area contributed by atoms with Crippen LogP contribution in [0.5, 0.6) is 11.5 Å². The number of ether oxygens (including phenoxy) is 1. The summed E-state index contributed by atoms with van der Waals surface area (Å²) in [4.78, 5) is 17.6. The van der Waals surface area contributed by atoms with Gasteiger partial charge in [0.1, 0.15) is 5.75 Å². The minimum atomic E-state index is -0.408. The Balaban J connectivity index is 1.05. The van der Waals surface area contributed by atoms with Crippen LogP contribution in [0.3, 0.4) is 0 Å². The van der Waals surface area contributed by atoms with Crippen LogP contribution in [-0.4, -0.2) is 47.0 Å². The molecule has 2 aliphatic heterocycles. The van der Waals surface area contributed by atoms with Gasteiger partial charge in [-0.25, -0.2) is 9.18 Å². The van der Waals surface area contributed by atoms with Crippen molar-refractivity contribution in [2.45, 2.75) is 37.4 Å². The summed E-state index contributed by atoms with van der Waals surface area (Å²) in [5.74, 6) is 0.290. The molecule has 3 aliphatic rings. The SMILES string of the molecule is O=C(Nc1ccc(Oc2ccccc2F)cc1)N1CC2CC1CN2C1Cc2ccccc2C1. The molecule has 2 saturated heterocycles. The first-order valence-corrected chi connectivity index (χ1v) is 11.6. The van der Waals surface area contributed by atoms with Crippen LogP contribution in [0.2, 0.25) is 0 Å². The van der Waals surface area contributed by atoms with E-state index in [0.29, 0.717) is 23.5 Å². The fraction of sp³-hybridized carbons (Fsp3) is 0.296. The van der Waals surface area contributed by atoms with Gasteiger partial charge in [0.25, 0.3) is 0 Å². The number of amides is 2. The van der Waals surface area contributed by atoms with Gasteiger partial charge in [0.15, 0.2) is 11.6 Å². The van der Waals surface area contributed by atoms with Crippen molar-refractivity contribution in [1.82, 2.24) is 9.80 Å². The fourth-order valence-corrected chi connectivity index (χ4v) is 5.62. The normalized spacial score (nSPS) is 21.9. The van der Waals surface area contributed by atoms with Crippen molar-refractivity contribution < 1.29 is 13.9 Å². The quantitative estimate of drug-likeness (QED) is 0.612. The molecule has 0 spiro atoms. The number of hydrogen-bond acceptors (Lipinski definition) is 3. The van der Waals surface area contributed by atoms with Crippen molar-refractivity contribution in [2.24, 2.45) is 0 Å². The molecule has 2 atom stereocenters. The molecule has 2 fully saturated rings. The van der Waals surface area contributed by atoms with Crippen molar-refractivity contribution >= 4 is 11.7 Å². The summed E-state index contributed by atoms with van der Waals surface area (Å²) in [5, 5.41) is 3.01. The highest BCUT2D eigenvalue weighted by atomic mass is 19.1. The molecule has 2 bridgehead atoms. The van der Waals surface area contributed by atoms with Gasteiger partial charge in [-0.1, -0.05) is 36.4 Å². The first-order chi connectivity index (χ1) is 16.1. The van der Waals surface area contributed by atoms with E-state index in [9.17, 15) is 9.18 Å². The van der Waals surface area contributed by atoms with Crippen LogP contribution in [0.1, 0.15) is 17.5 Å². The van der Waals surface area contributed by atoms with E-state index >= 15 is 0 Å². The fourth-order valence-electron chi connectivity index (χ4n) is 5.62. The first kappa shape index (κ1) is 20.2. The van der Waals surface area contributed by atoms with Crippen molar-refractivity contribution in [1.29, 1.82) is 0 Å². The van der Waals surface area contributed by atoms with Crippen LogP contribution in [0.15, 0.2) is 72.8 Å². The van der Waals surface area contributed by atoms with E-state index in [1.165, 1.54) is 17.2 Å². The largest absolute Gasteiger partial charge is 0.454 e. The number of piperazine rings is 1. The lowest BCUT2D eigenvalue weighted by Crippen LogP contribution is -2.53. The van der Waals surface area contributed by atoms with E-state index in [0.717, 1.165) is 32.4 Å². The molecule has 3 aromatic rings. The zero-order valence-electron chi connectivity index (χ0n) is 18.3. The van der Waals surface area contributed by atoms with Gasteiger partial charge in [0.05, 0.1) is 0 Å². The number of hydrogen-bond donors (Lipinski definition) is 1. The molecule has 3 aromatic carbocycles. The number of anilines is 1. The molecule has 2 heterocycles. The Morgan fingerprint density at radius 1 is 0.848 bits per heavy atom. The molecule has 168 valence electrons. The maximum atomic E-state index is 13.8. The van der Waals surface area contributed by atoms with Gasteiger partial charge in [-0.3, -0.25) is 4.90 Å². The summed E-state index contributed by atoms with van der Waals surface area (Å²) >= 11 is 0. The number of halogens is 1. The molecule has 0 saturated carbocycles. The molecule has 33 heavy (non-hydrogen) atoms. The van der Waals surface area contributed by atoms with Crippen LogP contribution in [0.25, 0.3) is 0 Å². The summed E-state index contributed by atoms with van der Waals surface area (Å²) in [7, 11) is 0. The number of likely N-dealkylation sites (tertiary alicyclic amines) is 2. The Morgan fingerprint density at radius 3 is 2.21 bits per heavy atom. The number of fused-ring (bicyclic) bond motifs is 3. The Bertz CT molecular complexity index is 1160. The first-order valence-electron chi connectivity index (χ1n) is 11.6. The Hall–Kier alpha value is -3.38. The topological polar surface area (TPSA) is 44.8 Å². The maximum absolute atomic E-state index is 13.8. The minimum Gasteiger partial charge on any atom is -0.454 e. The van der Waals surface area contributed by atoms with Gasteiger partial charge in [0.2, 0.25) is 0 Å². The summed E-state index contributed by atoms with van der Waals surface area (Å²) in [5.41, 5.74) is 3.65. The molecule has 0 radical (unpaired) electrons. The second-order valence-corrected chi connectivity index (χ2v) is 9.21. The van der Waals surface area contributed by atoms with Crippen LogP contribution in [-0.2, 0) is 12.8 Å². The minimum absolute atomic E-state index is 0.0559. The summed E-state index contributed by atoms with van der Waals surface area (Å²) < 4.78 is 19.4. The average molecular weight is 444 g/mol. The third-order valence-corrected chi connectivity index (χ3v) is 7.21. The molecule has 1 N–H and O–H groups in total. The summed E-state index contributed by atoms with van der Waals surface area (Å²) in [6.07, 6.45) is 3.29. The van der Waals surface area contributed by atoms with Crippen molar-refractivity contribution in [3.05, 3.63) is 89.7 Å². The Morgan fingerprint density at radius 2 is 1.55 bits per heavy atom. The monoisotopic (exact) mass is 443 g/mol. The Labute approximate surface area is 192 Å². The van der Waals surface area contributed by atoms with Gasteiger partial charge >= 0.3 is 6.03 Å². The highest BCUT2D eigenvalue weighted by molar-refractivity contribution is 5.90. The standard InChI is InChI=1S/C27H26FN3O2/c28-25-7-3-4-8-26(25)33-24-11-9-20(10-12-24)29-27(32)31-17-22-15-23(31)16-30(22)21-13-18-5-1-2-6-19(18)14-21/h1-12,21-23H,13-17H2,(H,29,32). The van der Waals surface area contributed by atoms with E-state index < -0.39 is 5.82 Å². The predicted molar refractivity (Wildman–Crippen MR) is 125 cm³/mol. The lowest BCUT2D eigenvalue weighted by atomic mass is 10.1. The van der Waals surface area contributed by atoms with E-state index in [2.05, 4.69) is 34.5 Å². The number of para-hydroxylation sites is 1. The van der Waals surface area contributed by atoms with Gasteiger partial charge < -0.3 is 15.0 Å². The maximum Gasteiger partial charge on any atom is 0.322 e. The average Bonchev–Trinajstić information content (AvgIpc) is 3.55. The lowest BCUT2D eigenvalue weighted by Gasteiger charge is -2.37. The van der Waals surface area contributed by atoms with Crippen LogP contribution >= 0.6 is 0 Å². The molecule has 5 nitrogen and oxygen atoms in total. The number of benzene rings is 3. The van der Waals surface area contributed by atoms with Crippen molar-refractivity contribution in [3.63, 3.8) is 0 Å². The third kappa shape index (κ3) is 3.85. The number of nitrogens with one attached hydrogen (secondary N) is 1. The van der Waals surface area contributed by atoms with Crippen LogP contribution in [0, 0.1) is 5.82 Å². The molecule has 2 unspecified atom stereocenters. The van der Waals surface area contributed by atoms with E-state index in [4.69, 9.17) is 4.74 Å². The zero-order chi connectivity index (χ0) is 22.4. The lowest BCUT2D eigenvalue weighted by molar-refractivity contribution is 0.111. The van der Waals surface area contributed by atoms with Crippen molar-refractivity contribution in [2.75, 3.05) is 18.4 Å². The Kier molecular flexibility index (Phi) is 5.03. The second kappa shape index (κ2) is 8.19. The smallest absolute Gasteiger partial charge is 0.322 e. The molecule has 2 amide bonds. The van der Waals surface area contributed by atoms with Gasteiger partial charge in [-0.05, 0) is 66.8 Å². The number of nitrogens with zero attached hydrogens (tertiary/aromatic N) is 2. The number of carbonyl (C=O) groups is 1. The van der Waals surface area contributed by atoms with E-state index in [-0.39, 0.29) is 17.8 Å². The summed E-state index contributed by atoms with van der Waals surface area (Å²) in [6, 6.07) is 23.3. The van der Waals surface area contributed by atoms with Crippen LogP contribution in [0.4, 0.5) is 14.9 Å². The number of rotatable bonds is 4. The predicted octanol–water partition coefficient (Wildman–Crippen LogP) is 5.08. The van der Waals surface area contributed by atoms with Crippen LogP contribution < -0.4 is 10.1 Å².